The number of carbonyl (C=O) groups excluding carboxylic acids is 1. The third kappa shape index (κ3) is 5.83. The van der Waals surface area contributed by atoms with Gasteiger partial charge in [0.25, 0.3) is 0 Å². The minimum absolute atomic E-state index is 0.0619. The van der Waals surface area contributed by atoms with E-state index in [4.69, 9.17) is 11.5 Å². The Morgan fingerprint density at radius 3 is 2.52 bits per heavy atom. The van der Waals surface area contributed by atoms with Gasteiger partial charge < -0.3 is 21.5 Å². The predicted molar refractivity (Wildman–Crippen MR) is 84.7 cm³/mol. The topological polar surface area (TPSA) is 92.6 Å². The highest BCUT2D eigenvalue weighted by Gasteiger charge is 2.23. The van der Waals surface area contributed by atoms with E-state index in [1.54, 1.807) is 11.9 Å². The van der Waals surface area contributed by atoms with Crippen molar-refractivity contribution in [1.82, 2.24) is 4.90 Å². The zero-order valence-corrected chi connectivity index (χ0v) is 12.7. The Labute approximate surface area is 126 Å². The van der Waals surface area contributed by atoms with E-state index in [-0.39, 0.29) is 18.6 Å². The van der Waals surface area contributed by atoms with E-state index in [1.165, 1.54) is 5.56 Å². The lowest BCUT2D eigenvalue weighted by atomic mass is 10.0. The van der Waals surface area contributed by atoms with Gasteiger partial charge in [-0.2, -0.15) is 0 Å². The smallest absolute Gasteiger partial charge is 0.239 e. The number of nitrogens with zero attached hydrogens (tertiary/aromatic N) is 1. The van der Waals surface area contributed by atoms with Gasteiger partial charge in [0.2, 0.25) is 5.91 Å². The highest BCUT2D eigenvalue weighted by molar-refractivity contribution is 5.81. The maximum Gasteiger partial charge on any atom is 0.239 e. The Hall–Kier alpha value is -1.43. The number of rotatable bonds is 9. The van der Waals surface area contributed by atoms with Crippen LogP contribution in [0.25, 0.3) is 0 Å². The summed E-state index contributed by atoms with van der Waals surface area (Å²) in [4.78, 5) is 13.8. The molecule has 0 fully saturated rings. The molecule has 0 saturated carbocycles. The quantitative estimate of drug-likeness (QED) is 0.618. The van der Waals surface area contributed by atoms with Gasteiger partial charge in [-0.15, -0.1) is 0 Å². The monoisotopic (exact) mass is 293 g/mol. The summed E-state index contributed by atoms with van der Waals surface area (Å²) >= 11 is 0. The van der Waals surface area contributed by atoms with Crippen LogP contribution in [-0.4, -0.2) is 48.2 Å². The number of aryl methyl sites for hydroxylation is 1. The molecule has 1 rings (SSSR count). The molecule has 0 spiro atoms. The number of nitrogens with two attached hydrogens (primary N) is 2. The molecule has 0 aliphatic carbocycles. The van der Waals surface area contributed by atoms with Gasteiger partial charge in [-0.25, -0.2) is 0 Å². The van der Waals surface area contributed by atoms with E-state index in [0.717, 1.165) is 12.8 Å². The number of aliphatic hydroxyl groups is 1. The number of aliphatic hydroxyl groups excluding tert-OH is 1. The van der Waals surface area contributed by atoms with Crippen molar-refractivity contribution in [3.05, 3.63) is 35.9 Å². The highest BCUT2D eigenvalue weighted by Crippen LogP contribution is 2.09. The van der Waals surface area contributed by atoms with Crippen molar-refractivity contribution in [2.75, 3.05) is 20.2 Å². The van der Waals surface area contributed by atoms with Gasteiger partial charge in [0.05, 0.1) is 18.7 Å². The standard InChI is InChI=1S/C16H27N3O2/c1-19(14(12-20)8-5-11-17)16(21)15(18)10-9-13-6-3-2-4-7-13/h2-4,6-7,14-15,20H,5,8-12,17-18H2,1H3/t14-,15-/m0/s1. The Bertz CT molecular complexity index is 411. The van der Waals surface area contributed by atoms with E-state index in [1.807, 2.05) is 30.3 Å². The minimum Gasteiger partial charge on any atom is -0.394 e. The van der Waals surface area contributed by atoms with Gasteiger partial charge in [0.1, 0.15) is 0 Å². The summed E-state index contributed by atoms with van der Waals surface area (Å²) in [5.74, 6) is -0.123. The lowest BCUT2D eigenvalue weighted by molar-refractivity contribution is -0.134. The van der Waals surface area contributed by atoms with Crippen LogP contribution in [0.15, 0.2) is 30.3 Å². The normalized spacial score (nSPS) is 13.7. The van der Waals surface area contributed by atoms with Gasteiger partial charge in [-0.1, -0.05) is 30.3 Å². The molecule has 2 atom stereocenters. The van der Waals surface area contributed by atoms with Crippen molar-refractivity contribution >= 4 is 5.91 Å². The molecule has 1 aromatic carbocycles. The molecule has 0 saturated heterocycles. The summed E-state index contributed by atoms with van der Waals surface area (Å²) in [6.07, 6.45) is 2.85. The maximum atomic E-state index is 12.3. The molecule has 0 aliphatic heterocycles. The minimum atomic E-state index is -0.540. The molecule has 118 valence electrons. The van der Waals surface area contributed by atoms with Crippen LogP contribution in [-0.2, 0) is 11.2 Å². The van der Waals surface area contributed by atoms with Gasteiger partial charge in [0, 0.05) is 7.05 Å². The lowest BCUT2D eigenvalue weighted by Crippen LogP contribution is -2.48. The van der Waals surface area contributed by atoms with Crippen molar-refractivity contribution in [3.63, 3.8) is 0 Å². The zero-order chi connectivity index (χ0) is 15.7. The van der Waals surface area contributed by atoms with Crippen LogP contribution in [0.3, 0.4) is 0 Å². The molecular formula is C16H27N3O2. The second-order valence-electron chi connectivity index (χ2n) is 5.35. The molecule has 0 heterocycles. The van der Waals surface area contributed by atoms with E-state index in [9.17, 15) is 9.90 Å². The fourth-order valence-electron chi connectivity index (χ4n) is 2.29. The van der Waals surface area contributed by atoms with Crippen LogP contribution >= 0.6 is 0 Å². The molecule has 0 bridgehead atoms. The Morgan fingerprint density at radius 1 is 1.29 bits per heavy atom. The number of hydrogen-bond acceptors (Lipinski definition) is 4. The van der Waals surface area contributed by atoms with Crippen LogP contribution in [0.2, 0.25) is 0 Å². The average molecular weight is 293 g/mol. The van der Waals surface area contributed by atoms with E-state index < -0.39 is 6.04 Å². The van der Waals surface area contributed by atoms with Crippen molar-refractivity contribution < 1.29 is 9.90 Å². The molecule has 5 N–H and O–H groups in total. The number of carbonyl (C=O) groups is 1. The molecule has 5 nitrogen and oxygen atoms in total. The molecule has 0 aromatic heterocycles. The van der Waals surface area contributed by atoms with Crippen molar-refractivity contribution in [3.8, 4) is 0 Å². The largest absolute Gasteiger partial charge is 0.394 e. The van der Waals surface area contributed by atoms with Gasteiger partial charge >= 0.3 is 0 Å². The Kier molecular flexibility index (Phi) is 7.97. The summed E-state index contributed by atoms with van der Waals surface area (Å²) in [6.45, 7) is 0.492. The summed E-state index contributed by atoms with van der Waals surface area (Å²) < 4.78 is 0. The molecule has 0 aliphatic rings. The Balaban J connectivity index is 2.48. The van der Waals surface area contributed by atoms with Gasteiger partial charge in [-0.3, -0.25) is 4.79 Å². The third-order valence-corrected chi connectivity index (χ3v) is 3.75. The summed E-state index contributed by atoms with van der Waals surface area (Å²) in [6, 6.07) is 9.22. The van der Waals surface area contributed by atoms with Gasteiger partial charge in [-0.05, 0) is 37.8 Å². The van der Waals surface area contributed by atoms with Crippen LogP contribution in [0.5, 0.6) is 0 Å². The first-order chi connectivity index (χ1) is 10.1. The summed E-state index contributed by atoms with van der Waals surface area (Å²) in [7, 11) is 1.70. The van der Waals surface area contributed by atoms with Crippen molar-refractivity contribution in [1.29, 1.82) is 0 Å². The van der Waals surface area contributed by atoms with Crippen molar-refractivity contribution in [2.45, 2.75) is 37.8 Å². The van der Waals surface area contributed by atoms with Crippen LogP contribution in [0.1, 0.15) is 24.8 Å². The first-order valence-electron chi connectivity index (χ1n) is 7.47. The molecular weight excluding hydrogens is 266 g/mol. The second-order valence-corrected chi connectivity index (χ2v) is 5.35. The number of likely N-dealkylation sites (N-methyl/N-ethyl adjacent to an activating group) is 1. The SMILES string of the molecule is CN(C(=O)[C@@H](N)CCc1ccccc1)[C@H](CO)CCCN. The fourth-order valence-corrected chi connectivity index (χ4v) is 2.29. The molecule has 1 aromatic rings. The molecule has 0 unspecified atom stereocenters. The number of benzene rings is 1. The number of hydrogen-bond donors (Lipinski definition) is 3. The first kappa shape index (κ1) is 17.6. The second kappa shape index (κ2) is 9.50. The van der Waals surface area contributed by atoms with E-state index in [2.05, 4.69) is 0 Å². The van der Waals surface area contributed by atoms with E-state index in [0.29, 0.717) is 19.4 Å². The number of amides is 1. The molecule has 21 heavy (non-hydrogen) atoms. The zero-order valence-electron chi connectivity index (χ0n) is 12.7. The maximum absolute atomic E-state index is 12.3. The molecule has 1 amide bonds. The van der Waals surface area contributed by atoms with Crippen molar-refractivity contribution in [2.24, 2.45) is 11.5 Å². The Morgan fingerprint density at radius 2 is 1.95 bits per heavy atom. The fraction of sp³-hybridized carbons (Fsp3) is 0.562. The summed E-state index contributed by atoms with van der Waals surface area (Å²) in [5.41, 5.74) is 12.6. The third-order valence-electron chi connectivity index (χ3n) is 3.75. The molecule has 0 radical (unpaired) electrons. The average Bonchev–Trinajstić information content (AvgIpc) is 2.53. The highest BCUT2D eigenvalue weighted by atomic mass is 16.3. The van der Waals surface area contributed by atoms with Gasteiger partial charge in [0.15, 0.2) is 0 Å². The molecule has 5 heteroatoms. The predicted octanol–water partition coefficient (Wildman–Crippen LogP) is 0.505. The van der Waals surface area contributed by atoms with Crippen LogP contribution in [0.4, 0.5) is 0 Å². The summed E-state index contributed by atoms with van der Waals surface area (Å²) in [5, 5.41) is 9.39. The van der Waals surface area contributed by atoms with Crippen LogP contribution < -0.4 is 11.5 Å². The van der Waals surface area contributed by atoms with E-state index >= 15 is 0 Å². The lowest BCUT2D eigenvalue weighted by Gasteiger charge is -2.29. The van der Waals surface area contributed by atoms with Crippen LogP contribution in [0, 0.1) is 0 Å². The first-order valence-corrected chi connectivity index (χ1v) is 7.47.